The Morgan fingerprint density at radius 1 is 1.05 bits per heavy atom. The average Bonchev–Trinajstić information content (AvgIpc) is 2.98. The molecule has 1 aromatic carbocycles. The van der Waals surface area contributed by atoms with Gasteiger partial charge in [-0.25, -0.2) is 23.9 Å². The Balaban J connectivity index is 1.76. The summed E-state index contributed by atoms with van der Waals surface area (Å²) in [6.07, 6.45) is 1.56. The van der Waals surface area contributed by atoms with Gasteiger partial charge in [-0.3, -0.25) is 0 Å². The van der Waals surface area contributed by atoms with Gasteiger partial charge in [0, 0.05) is 50.8 Å². The number of methoxy groups -OCH3 is 2. The lowest BCUT2D eigenvalue weighted by Gasteiger charge is -2.36. The number of esters is 1. The normalized spacial score (nSPS) is 13.8. The first-order valence-electron chi connectivity index (χ1n) is 14.7. The summed E-state index contributed by atoms with van der Waals surface area (Å²) in [5.41, 5.74) is 1.13. The Kier molecular flexibility index (Phi) is 11.0. The third kappa shape index (κ3) is 7.75. The lowest BCUT2D eigenvalue weighted by Crippen LogP contribution is -2.50. The second-order valence-electron chi connectivity index (χ2n) is 11.6. The van der Waals surface area contributed by atoms with Gasteiger partial charge in [0.15, 0.2) is 0 Å². The number of halogens is 2. The Labute approximate surface area is 262 Å². The molecule has 3 aromatic rings. The van der Waals surface area contributed by atoms with Crippen molar-refractivity contribution in [3.63, 3.8) is 0 Å². The molecule has 1 saturated heterocycles. The number of rotatable bonds is 10. The lowest BCUT2D eigenvalue weighted by atomic mass is 10.0. The minimum Gasteiger partial charge on any atom is -0.465 e. The largest absolute Gasteiger partial charge is 0.465 e. The molecule has 0 bridgehead atoms. The molecule has 2 aromatic heterocycles. The first kappa shape index (κ1) is 33.4. The van der Waals surface area contributed by atoms with E-state index in [1.54, 1.807) is 23.1 Å². The van der Waals surface area contributed by atoms with Gasteiger partial charge in [-0.1, -0.05) is 31.0 Å². The number of nitrogens with zero attached hydrogens (tertiary/aromatic N) is 4. The summed E-state index contributed by atoms with van der Waals surface area (Å²) in [5.74, 6) is -0.652. The first-order valence-corrected chi connectivity index (χ1v) is 15.0. The number of amides is 1. The van der Waals surface area contributed by atoms with Crippen LogP contribution in [0.15, 0.2) is 24.3 Å². The van der Waals surface area contributed by atoms with E-state index in [-0.39, 0.29) is 40.1 Å². The number of aromatic nitrogens is 2. The van der Waals surface area contributed by atoms with E-state index >= 15 is 4.39 Å². The van der Waals surface area contributed by atoms with Crippen molar-refractivity contribution >= 4 is 40.4 Å². The van der Waals surface area contributed by atoms with Crippen LogP contribution < -0.4 is 4.90 Å². The highest BCUT2D eigenvalue weighted by Gasteiger charge is 2.30. The average molecular weight is 631 g/mol. The third-order valence-electron chi connectivity index (χ3n) is 7.08. The van der Waals surface area contributed by atoms with Crippen molar-refractivity contribution in [1.29, 1.82) is 0 Å². The van der Waals surface area contributed by atoms with Crippen LogP contribution in [0.25, 0.3) is 22.2 Å². The lowest BCUT2D eigenvalue weighted by molar-refractivity contribution is 0.0240. The van der Waals surface area contributed by atoms with Crippen molar-refractivity contribution in [1.82, 2.24) is 14.9 Å². The van der Waals surface area contributed by atoms with Crippen molar-refractivity contribution in [2.45, 2.75) is 59.4 Å². The van der Waals surface area contributed by atoms with Crippen molar-refractivity contribution in [2.24, 2.45) is 0 Å². The number of anilines is 1. The van der Waals surface area contributed by atoms with Gasteiger partial charge >= 0.3 is 12.1 Å². The smallest absolute Gasteiger partial charge is 0.410 e. The number of carbonyl (C=O) groups excluding carboxylic acids is 2. The molecule has 10 nitrogen and oxygen atoms in total. The van der Waals surface area contributed by atoms with E-state index in [0.717, 1.165) is 12.8 Å². The third-order valence-corrected chi connectivity index (χ3v) is 7.37. The summed E-state index contributed by atoms with van der Waals surface area (Å²) < 4.78 is 37.1. The van der Waals surface area contributed by atoms with Gasteiger partial charge in [0.25, 0.3) is 0 Å². The predicted octanol–water partition coefficient (Wildman–Crippen LogP) is 6.40. The molecule has 1 aliphatic heterocycles. The summed E-state index contributed by atoms with van der Waals surface area (Å²) in [4.78, 5) is 38.9. The van der Waals surface area contributed by atoms with Gasteiger partial charge in [-0.2, -0.15) is 0 Å². The summed E-state index contributed by atoms with van der Waals surface area (Å²) in [5, 5.41) is 0.681. The molecule has 1 aliphatic rings. The molecule has 0 spiro atoms. The molecule has 1 amide bonds. The number of hydrogen-bond acceptors (Lipinski definition) is 9. The molecule has 0 saturated carbocycles. The van der Waals surface area contributed by atoms with E-state index < -0.39 is 17.4 Å². The first-order chi connectivity index (χ1) is 21.0. The zero-order valence-corrected chi connectivity index (χ0v) is 26.9. The van der Waals surface area contributed by atoms with Gasteiger partial charge < -0.3 is 28.7 Å². The van der Waals surface area contributed by atoms with Crippen LogP contribution in [0.2, 0.25) is 5.02 Å². The van der Waals surface area contributed by atoms with Gasteiger partial charge in [0.2, 0.25) is 0 Å². The maximum absolute atomic E-state index is 15.5. The highest BCUT2D eigenvalue weighted by Crippen LogP contribution is 2.37. The molecule has 0 aliphatic carbocycles. The minimum absolute atomic E-state index is 0.00593. The van der Waals surface area contributed by atoms with E-state index in [1.807, 2.05) is 25.7 Å². The van der Waals surface area contributed by atoms with Crippen molar-refractivity contribution in [3.8, 4) is 11.3 Å². The Morgan fingerprint density at radius 2 is 1.77 bits per heavy atom. The molecule has 44 heavy (non-hydrogen) atoms. The Hall–Kier alpha value is -3.54. The van der Waals surface area contributed by atoms with Crippen LogP contribution in [0.3, 0.4) is 0 Å². The number of hydrogen-bond donors (Lipinski definition) is 0. The highest BCUT2D eigenvalue weighted by atomic mass is 35.5. The fourth-order valence-corrected chi connectivity index (χ4v) is 5.18. The summed E-state index contributed by atoms with van der Waals surface area (Å²) >= 11 is 6.76. The van der Waals surface area contributed by atoms with Gasteiger partial charge in [0.1, 0.15) is 22.8 Å². The van der Waals surface area contributed by atoms with Crippen LogP contribution in [0.1, 0.15) is 62.2 Å². The topological polar surface area (TPSA) is 103 Å². The summed E-state index contributed by atoms with van der Waals surface area (Å²) in [6, 6.07) is 6.43. The molecule has 4 rings (SSSR count). The number of unbranched alkanes of at least 4 members (excludes halogenated alkanes) is 1. The molecule has 238 valence electrons. The molecule has 0 atom stereocenters. The zero-order chi connectivity index (χ0) is 32.0. The van der Waals surface area contributed by atoms with Crippen LogP contribution in [-0.4, -0.2) is 79.5 Å². The van der Waals surface area contributed by atoms with Gasteiger partial charge in [-0.15, -0.1) is 0 Å². The quantitative estimate of drug-likeness (QED) is 0.186. The van der Waals surface area contributed by atoms with Crippen LogP contribution in [0.4, 0.5) is 15.0 Å². The van der Waals surface area contributed by atoms with E-state index in [2.05, 4.69) is 6.92 Å². The van der Waals surface area contributed by atoms with Crippen LogP contribution in [0, 0.1) is 5.82 Å². The molecule has 3 heterocycles. The van der Waals surface area contributed by atoms with Crippen LogP contribution in [-0.2, 0) is 32.2 Å². The number of carbonyl (C=O) groups is 2. The standard InChI is InChI=1S/C32H40ClFN4O6/c1-7-8-15-43-18-20-9-10-21(24(34)16-20)27-23(33)17-22-28(36-27)26(30(39)42-6)25(19-41-5)35-29(22)37-11-13-38(14-12-37)31(40)44-32(2,3)4/h9-10,16-17H,7-8,11-15,18-19H2,1-6H3. The number of piperazine rings is 1. The fraction of sp³-hybridized carbons (Fsp3) is 0.500. The van der Waals surface area contributed by atoms with E-state index in [0.29, 0.717) is 61.9 Å². The number of fused-ring (bicyclic) bond motifs is 1. The number of ether oxygens (including phenoxy) is 4. The number of benzene rings is 1. The van der Waals surface area contributed by atoms with Crippen LogP contribution in [0.5, 0.6) is 0 Å². The number of pyridine rings is 2. The Morgan fingerprint density at radius 3 is 2.39 bits per heavy atom. The summed E-state index contributed by atoms with van der Waals surface area (Å²) in [6.45, 7) is 10.1. The van der Waals surface area contributed by atoms with E-state index in [9.17, 15) is 9.59 Å². The Bertz CT molecular complexity index is 1500. The fourth-order valence-electron chi connectivity index (χ4n) is 4.92. The molecule has 0 N–H and O–H groups in total. The molecule has 1 fully saturated rings. The van der Waals surface area contributed by atoms with Crippen molar-refractivity contribution in [2.75, 3.05) is 51.9 Å². The minimum atomic E-state index is -0.656. The van der Waals surface area contributed by atoms with Crippen molar-refractivity contribution < 1.29 is 32.9 Å². The van der Waals surface area contributed by atoms with E-state index in [1.165, 1.54) is 20.3 Å². The maximum Gasteiger partial charge on any atom is 0.410 e. The zero-order valence-electron chi connectivity index (χ0n) is 26.2. The second kappa shape index (κ2) is 14.5. The molecular formula is C32H40ClFN4O6. The summed E-state index contributed by atoms with van der Waals surface area (Å²) in [7, 11) is 2.77. The molecule has 0 unspecified atom stereocenters. The molecule has 12 heteroatoms. The molecule has 0 radical (unpaired) electrons. The van der Waals surface area contributed by atoms with Gasteiger partial charge in [0.05, 0.1) is 42.3 Å². The second-order valence-corrected chi connectivity index (χ2v) is 12.0. The predicted molar refractivity (Wildman–Crippen MR) is 167 cm³/mol. The van der Waals surface area contributed by atoms with E-state index in [4.69, 9.17) is 40.5 Å². The maximum atomic E-state index is 15.5. The molecular weight excluding hydrogens is 591 g/mol. The highest BCUT2D eigenvalue weighted by molar-refractivity contribution is 6.34. The SMILES string of the molecule is CCCCOCc1ccc(-c2nc3c(C(=O)OC)c(COC)nc(N4CCN(C(=O)OC(C)(C)C)CC4)c3cc2Cl)c(F)c1. The van der Waals surface area contributed by atoms with Crippen molar-refractivity contribution in [3.05, 3.63) is 51.9 Å². The van der Waals surface area contributed by atoms with Gasteiger partial charge in [-0.05, 0) is 51.0 Å². The monoisotopic (exact) mass is 630 g/mol. The van der Waals surface area contributed by atoms with Crippen LogP contribution >= 0.6 is 11.6 Å².